The number of piperazine rings is 2. The molecule has 0 spiro atoms. The molecule has 1 atom stereocenters. The third-order valence-corrected chi connectivity index (χ3v) is 4.45. The lowest BCUT2D eigenvalue weighted by Gasteiger charge is -2.34. The monoisotopic (exact) mass is 393 g/mol. The molecule has 1 amide bonds. The molecule has 28 heavy (non-hydrogen) atoms. The van der Waals surface area contributed by atoms with E-state index in [0.717, 1.165) is 51.5 Å². The van der Waals surface area contributed by atoms with Crippen LogP contribution in [0.2, 0.25) is 0 Å². The number of nitrogen functional groups attached to an aromatic ring is 1. The molecule has 2 fully saturated rings. The van der Waals surface area contributed by atoms with E-state index in [4.69, 9.17) is 15.2 Å². The second kappa shape index (κ2) is 10.5. The molecule has 0 radical (unpaired) electrons. The number of hydrogen-bond donors (Lipinski definition) is 3. The Morgan fingerprint density at radius 3 is 2.32 bits per heavy atom. The lowest BCUT2D eigenvalue weighted by molar-refractivity contribution is 0.0229. The molecule has 2 aliphatic heterocycles. The molecule has 0 aliphatic carbocycles. The van der Waals surface area contributed by atoms with E-state index in [9.17, 15) is 4.79 Å². The van der Waals surface area contributed by atoms with E-state index < -0.39 is 0 Å². The number of nitrogens with two attached hydrogens (primary N) is 1. The molecule has 2 aliphatic rings. The zero-order chi connectivity index (χ0) is 20.6. The maximum absolute atomic E-state index is 11.5. The first-order chi connectivity index (χ1) is 13.3. The third kappa shape index (κ3) is 7.53. The first-order valence-corrected chi connectivity index (χ1v) is 9.84. The number of carbonyl (C=O) groups is 1. The Morgan fingerprint density at radius 1 is 1.11 bits per heavy atom. The predicted octanol–water partition coefficient (Wildman–Crippen LogP) is 1.48. The summed E-state index contributed by atoms with van der Waals surface area (Å²) in [5.41, 5.74) is 7.27. The molecular formula is C20H35N5O3. The van der Waals surface area contributed by atoms with Gasteiger partial charge in [-0.05, 0) is 45.0 Å². The van der Waals surface area contributed by atoms with E-state index >= 15 is 0 Å². The van der Waals surface area contributed by atoms with Crippen molar-refractivity contribution in [2.75, 3.05) is 63.6 Å². The van der Waals surface area contributed by atoms with Crippen molar-refractivity contribution in [3.8, 4) is 0 Å². The van der Waals surface area contributed by atoms with Gasteiger partial charge in [0.15, 0.2) is 0 Å². The van der Waals surface area contributed by atoms with E-state index in [1.54, 1.807) is 12.0 Å². The SMILES string of the molecule is CC(C)(C)OC(=O)N1CCNCC1.CO[C@@H]1CN(c2ccc(N)cc2)CCN1. The maximum atomic E-state index is 11.5. The fraction of sp³-hybridized carbons (Fsp3) is 0.650. The van der Waals surface area contributed by atoms with Crippen LogP contribution in [-0.2, 0) is 9.47 Å². The first kappa shape index (κ1) is 22.3. The fourth-order valence-electron chi connectivity index (χ4n) is 2.97. The van der Waals surface area contributed by atoms with E-state index in [1.807, 2.05) is 45.0 Å². The molecule has 2 saturated heterocycles. The molecule has 0 bridgehead atoms. The number of carbonyl (C=O) groups excluding carboxylic acids is 1. The van der Waals surface area contributed by atoms with Gasteiger partial charge in [0, 0.05) is 57.8 Å². The Bertz CT molecular complexity index is 597. The van der Waals surface area contributed by atoms with Crippen molar-refractivity contribution in [3.05, 3.63) is 24.3 Å². The van der Waals surface area contributed by atoms with Gasteiger partial charge in [-0.3, -0.25) is 5.32 Å². The summed E-state index contributed by atoms with van der Waals surface area (Å²) in [6, 6.07) is 7.96. The summed E-state index contributed by atoms with van der Waals surface area (Å²) in [6.07, 6.45) is -0.0784. The minimum Gasteiger partial charge on any atom is -0.444 e. The number of amides is 1. The minimum absolute atomic E-state index is 0.122. The second-order valence-electron chi connectivity index (χ2n) is 7.93. The van der Waals surface area contributed by atoms with Crippen LogP contribution in [0.4, 0.5) is 16.2 Å². The number of anilines is 2. The Morgan fingerprint density at radius 2 is 1.75 bits per heavy atom. The predicted molar refractivity (Wildman–Crippen MR) is 113 cm³/mol. The van der Waals surface area contributed by atoms with Gasteiger partial charge in [0.2, 0.25) is 0 Å². The van der Waals surface area contributed by atoms with Gasteiger partial charge in [-0.25, -0.2) is 4.79 Å². The molecule has 0 aromatic heterocycles. The van der Waals surface area contributed by atoms with Crippen LogP contribution in [0.25, 0.3) is 0 Å². The van der Waals surface area contributed by atoms with E-state index in [2.05, 4.69) is 15.5 Å². The molecule has 3 rings (SSSR count). The minimum atomic E-state index is -0.387. The molecule has 0 unspecified atom stereocenters. The van der Waals surface area contributed by atoms with Crippen molar-refractivity contribution in [2.45, 2.75) is 32.6 Å². The van der Waals surface area contributed by atoms with Crippen LogP contribution in [0.3, 0.4) is 0 Å². The second-order valence-corrected chi connectivity index (χ2v) is 7.93. The van der Waals surface area contributed by atoms with Crippen LogP contribution < -0.4 is 21.3 Å². The normalized spacial score (nSPS) is 20.2. The summed E-state index contributed by atoms with van der Waals surface area (Å²) >= 11 is 0. The number of rotatable bonds is 2. The van der Waals surface area contributed by atoms with E-state index in [0.29, 0.717) is 0 Å². The van der Waals surface area contributed by atoms with Gasteiger partial charge in [-0.2, -0.15) is 0 Å². The molecule has 8 nitrogen and oxygen atoms in total. The van der Waals surface area contributed by atoms with Gasteiger partial charge in [-0.1, -0.05) is 0 Å². The van der Waals surface area contributed by atoms with Gasteiger partial charge in [0.05, 0.1) is 6.54 Å². The van der Waals surface area contributed by atoms with Crippen molar-refractivity contribution in [1.29, 1.82) is 0 Å². The molecule has 2 heterocycles. The molecule has 0 saturated carbocycles. The number of nitrogens with zero attached hydrogens (tertiary/aromatic N) is 2. The van der Waals surface area contributed by atoms with Crippen molar-refractivity contribution in [3.63, 3.8) is 0 Å². The zero-order valence-corrected chi connectivity index (χ0v) is 17.5. The standard InChI is InChI=1S/C11H17N3O.C9H18N2O2/c1-15-11-8-14(7-6-13-11)10-4-2-9(12)3-5-10;1-9(2,3)13-8(12)11-6-4-10-5-7-11/h2-5,11,13H,6-8,12H2,1H3;10H,4-7H2,1-3H3/t11-;/m1./s1. The van der Waals surface area contributed by atoms with Gasteiger partial charge in [-0.15, -0.1) is 0 Å². The van der Waals surface area contributed by atoms with Crippen molar-refractivity contribution in [1.82, 2.24) is 15.5 Å². The van der Waals surface area contributed by atoms with Crippen LogP contribution >= 0.6 is 0 Å². The van der Waals surface area contributed by atoms with Crippen LogP contribution in [0.5, 0.6) is 0 Å². The molecule has 8 heteroatoms. The van der Waals surface area contributed by atoms with Crippen molar-refractivity contribution in [2.24, 2.45) is 0 Å². The highest BCUT2D eigenvalue weighted by Crippen LogP contribution is 2.17. The van der Waals surface area contributed by atoms with Crippen molar-refractivity contribution < 1.29 is 14.3 Å². The van der Waals surface area contributed by atoms with Crippen LogP contribution in [0, 0.1) is 0 Å². The average molecular weight is 394 g/mol. The van der Waals surface area contributed by atoms with Crippen LogP contribution in [-0.4, -0.2) is 75.7 Å². The maximum Gasteiger partial charge on any atom is 0.410 e. The molecule has 1 aromatic carbocycles. The quantitative estimate of drug-likeness (QED) is 0.656. The lowest BCUT2D eigenvalue weighted by Crippen LogP contribution is -2.51. The van der Waals surface area contributed by atoms with Crippen LogP contribution in [0.1, 0.15) is 20.8 Å². The topological polar surface area (TPSA) is 92.1 Å². The molecule has 158 valence electrons. The Hall–Kier alpha value is -2.03. The molecular weight excluding hydrogens is 358 g/mol. The van der Waals surface area contributed by atoms with Crippen LogP contribution in [0.15, 0.2) is 24.3 Å². The Kier molecular flexibility index (Phi) is 8.35. The van der Waals surface area contributed by atoms with E-state index in [1.165, 1.54) is 5.69 Å². The lowest BCUT2D eigenvalue weighted by atomic mass is 10.2. The third-order valence-electron chi connectivity index (χ3n) is 4.45. The Labute approximate surface area is 168 Å². The highest BCUT2D eigenvalue weighted by atomic mass is 16.6. The number of methoxy groups -OCH3 is 1. The summed E-state index contributed by atoms with van der Waals surface area (Å²) in [5, 5.41) is 6.47. The summed E-state index contributed by atoms with van der Waals surface area (Å²) in [5.74, 6) is 0. The summed E-state index contributed by atoms with van der Waals surface area (Å²) in [6.45, 7) is 11.7. The highest BCUT2D eigenvalue weighted by molar-refractivity contribution is 5.68. The van der Waals surface area contributed by atoms with Gasteiger partial charge >= 0.3 is 6.09 Å². The number of ether oxygens (including phenoxy) is 2. The number of hydrogen-bond acceptors (Lipinski definition) is 7. The fourth-order valence-corrected chi connectivity index (χ4v) is 2.97. The van der Waals surface area contributed by atoms with E-state index in [-0.39, 0.29) is 17.9 Å². The van der Waals surface area contributed by atoms with Gasteiger partial charge in [0.1, 0.15) is 11.8 Å². The van der Waals surface area contributed by atoms with Gasteiger partial charge in [0.25, 0.3) is 0 Å². The average Bonchev–Trinajstić information content (AvgIpc) is 2.68. The van der Waals surface area contributed by atoms with Gasteiger partial charge < -0.3 is 30.3 Å². The first-order valence-electron chi connectivity index (χ1n) is 9.84. The zero-order valence-electron chi connectivity index (χ0n) is 17.5. The molecule has 1 aromatic rings. The molecule has 4 N–H and O–H groups in total. The summed E-state index contributed by atoms with van der Waals surface area (Å²) in [4.78, 5) is 15.5. The largest absolute Gasteiger partial charge is 0.444 e. The number of nitrogens with one attached hydrogen (secondary N) is 2. The van der Waals surface area contributed by atoms with Crippen molar-refractivity contribution >= 4 is 17.5 Å². The smallest absolute Gasteiger partial charge is 0.410 e. The Balaban J connectivity index is 0.000000203. The summed E-state index contributed by atoms with van der Waals surface area (Å²) < 4.78 is 10.5. The summed E-state index contributed by atoms with van der Waals surface area (Å²) in [7, 11) is 1.73. The number of benzene rings is 1. The highest BCUT2D eigenvalue weighted by Gasteiger charge is 2.23.